The maximum absolute atomic E-state index is 11.8. The molecule has 98 valence electrons. The molecule has 1 aliphatic carbocycles. The average molecular weight is 270 g/mol. The van der Waals surface area contributed by atoms with E-state index < -0.39 is 0 Å². The first-order valence-electron chi connectivity index (χ1n) is 6.00. The number of phenols is 2. The lowest BCUT2D eigenvalue weighted by molar-refractivity contribution is 0.0947. The Morgan fingerprint density at radius 1 is 1.33 bits per heavy atom. The Balaban J connectivity index is 1.89. The average Bonchev–Trinajstić information content (AvgIpc) is 2.75. The van der Waals surface area contributed by atoms with Crippen molar-refractivity contribution in [3.63, 3.8) is 0 Å². The summed E-state index contributed by atoms with van der Waals surface area (Å²) >= 11 is 6.00. The van der Waals surface area contributed by atoms with E-state index in [0.29, 0.717) is 18.0 Å². The van der Waals surface area contributed by atoms with Gasteiger partial charge in [0.25, 0.3) is 5.91 Å². The highest BCUT2D eigenvalue weighted by Gasteiger charge is 2.23. The van der Waals surface area contributed by atoms with Crippen molar-refractivity contribution in [1.82, 2.24) is 5.32 Å². The standard InChI is InChI=1S/C13H16ClNO3/c14-10-3-1-8(5-10)7-15-13(18)9-2-4-11(16)12(17)6-9/h2,4,6,8,10,16-17H,1,3,5,7H2,(H,15,18). The Morgan fingerprint density at radius 2 is 2.11 bits per heavy atom. The smallest absolute Gasteiger partial charge is 0.251 e. The fourth-order valence-electron chi connectivity index (χ4n) is 2.20. The summed E-state index contributed by atoms with van der Waals surface area (Å²) < 4.78 is 0. The van der Waals surface area contributed by atoms with Crippen molar-refractivity contribution >= 4 is 17.5 Å². The van der Waals surface area contributed by atoms with Crippen LogP contribution in [0.4, 0.5) is 0 Å². The van der Waals surface area contributed by atoms with Crippen LogP contribution in [0.5, 0.6) is 11.5 Å². The van der Waals surface area contributed by atoms with E-state index in [2.05, 4.69) is 5.32 Å². The van der Waals surface area contributed by atoms with Crippen LogP contribution in [-0.2, 0) is 0 Å². The molecule has 3 N–H and O–H groups in total. The maximum Gasteiger partial charge on any atom is 0.251 e. The van der Waals surface area contributed by atoms with E-state index in [1.807, 2.05) is 0 Å². The summed E-state index contributed by atoms with van der Waals surface area (Å²) in [6.07, 6.45) is 2.97. The second-order valence-corrected chi connectivity index (χ2v) is 5.31. The van der Waals surface area contributed by atoms with Crippen LogP contribution in [0.15, 0.2) is 18.2 Å². The van der Waals surface area contributed by atoms with Crippen LogP contribution < -0.4 is 5.32 Å². The molecular weight excluding hydrogens is 254 g/mol. The van der Waals surface area contributed by atoms with Crippen LogP contribution in [0.1, 0.15) is 29.6 Å². The van der Waals surface area contributed by atoms with Gasteiger partial charge in [-0.05, 0) is 43.4 Å². The zero-order valence-corrected chi connectivity index (χ0v) is 10.7. The molecule has 1 aromatic rings. The predicted molar refractivity (Wildman–Crippen MR) is 69.1 cm³/mol. The van der Waals surface area contributed by atoms with Crippen molar-refractivity contribution in [1.29, 1.82) is 0 Å². The fraction of sp³-hybridized carbons (Fsp3) is 0.462. The van der Waals surface area contributed by atoms with Crippen molar-refractivity contribution in [2.75, 3.05) is 6.54 Å². The Bertz CT molecular complexity index is 450. The van der Waals surface area contributed by atoms with Gasteiger partial charge in [-0.25, -0.2) is 0 Å². The largest absolute Gasteiger partial charge is 0.504 e. The summed E-state index contributed by atoms with van der Waals surface area (Å²) in [5.74, 6) is -0.331. The van der Waals surface area contributed by atoms with Crippen molar-refractivity contribution in [2.45, 2.75) is 24.6 Å². The number of rotatable bonds is 3. The zero-order chi connectivity index (χ0) is 13.1. The SMILES string of the molecule is O=C(NCC1CCC(Cl)C1)c1ccc(O)c(O)c1. The van der Waals surface area contributed by atoms with Crippen LogP contribution in [0.3, 0.4) is 0 Å². The third kappa shape index (κ3) is 3.07. The molecule has 0 aromatic heterocycles. The number of nitrogens with one attached hydrogen (secondary N) is 1. The molecule has 1 aromatic carbocycles. The van der Waals surface area contributed by atoms with Gasteiger partial charge in [0.05, 0.1) is 0 Å². The Labute approximate surface area is 111 Å². The lowest BCUT2D eigenvalue weighted by atomic mass is 10.1. The first kappa shape index (κ1) is 13.0. The normalized spacial score (nSPS) is 22.9. The van der Waals surface area contributed by atoms with E-state index in [1.54, 1.807) is 0 Å². The highest BCUT2D eigenvalue weighted by Crippen LogP contribution is 2.29. The van der Waals surface area contributed by atoms with E-state index in [0.717, 1.165) is 19.3 Å². The molecule has 2 rings (SSSR count). The Morgan fingerprint density at radius 3 is 2.72 bits per heavy atom. The van der Waals surface area contributed by atoms with Gasteiger partial charge in [-0.3, -0.25) is 4.79 Å². The summed E-state index contributed by atoms with van der Waals surface area (Å²) in [6.45, 7) is 0.601. The van der Waals surface area contributed by atoms with Crippen molar-refractivity contribution < 1.29 is 15.0 Å². The highest BCUT2D eigenvalue weighted by atomic mass is 35.5. The molecule has 2 atom stereocenters. The monoisotopic (exact) mass is 269 g/mol. The molecule has 2 unspecified atom stereocenters. The minimum atomic E-state index is -0.288. The molecule has 18 heavy (non-hydrogen) atoms. The summed E-state index contributed by atoms with van der Waals surface area (Å²) in [6, 6.07) is 4.03. The lowest BCUT2D eigenvalue weighted by Gasteiger charge is -2.11. The molecule has 1 aliphatic rings. The number of halogens is 1. The number of carbonyl (C=O) groups is 1. The minimum absolute atomic E-state index is 0.226. The van der Waals surface area contributed by atoms with E-state index in [9.17, 15) is 9.90 Å². The van der Waals surface area contributed by atoms with Crippen LogP contribution in [-0.4, -0.2) is 28.0 Å². The highest BCUT2D eigenvalue weighted by molar-refractivity contribution is 6.20. The molecule has 0 saturated heterocycles. The lowest BCUT2D eigenvalue weighted by Crippen LogP contribution is -2.28. The van der Waals surface area contributed by atoms with Crippen LogP contribution in [0.2, 0.25) is 0 Å². The van der Waals surface area contributed by atoms with Crippen LogP contribution in [0, 0.1) is 5.92 Å². The third-order valence-electron chi connectivity index (χ3n) is 3.27. The predicted octanol–water partition coefficient (Wildman–Crippen LogP) is 2.24. The number of alkyl halides is 1. The number of benzene rings is 1. The number of phenolic OH excluding ortho intramolecular Hbond substituents is 2. The molecule has 0 radical (unpaired) electrons. The molecule has 1 fully saturated rings. The second-order valence-electron chi connectivity index (χ2n) is 4.69. The van der Waals surface area contributed by atoms with Gasteiger partial charge in [0, 0.05) is 17.5 Å². The first-order chi connectivity index (χ1) is 8.56. The van der Waals surface area contributed by atoms with Gasteiger partial charge in [-0.2, -0.15) is 0 Å². The number of aromatic hydroxyl groups is 2. The molecule has 5 heteroatoms. The second kappa shape index (κ2) is 5.48. The summed E-state index contributed by atoms with van der Waals surface area (Å²) in [4.78, 5) is 11.8. The zero-order valence-electron chi connectivity index (χ0n) is 9.90. The van der Waals surface area contributed by atoms with Crippen molar-refractivity contribution in [2.24, 2.45) is 5.92 Å². The minimum Gasteiger partial charge on any atom is -0.504 e. The Kier molecular flexibility index (Phi) is 3.97. The number of hydrogen-bond donors (Lipinski definition) is 3. The van der Waals surface area contributed by atoms with Gasteiger partial charge >= 0.3 is 0 Å². The Hall–Kier alpha value is -1.42. The van der Waals surface area contributed by atoms with Crippen LogP contribution in [0.25, 0.3) is 0 Å². The molecule has 1 saturated carbocycles. The molecule has 0 bridgehead atoms. The fourth-order valence-corrected chi connectivity index (χ4v) is 2.58. The third-order valence-corrected chi connectivity index (χ3v) is 3.66. The molecule has 0 heterocycles. The number of hydrogen-bond acceptors (Lipinski definition) is 3. The number of carbonyl (C=O) groups excluding carboxylic acids is 1. The molecule has 0 spiro atoms. The van der Waals surface area contributed by atoms with Crippen LogP contribution >= 0.6 is 11.6 Å². The van der Waals surface area contributed by atoms with Crippen molar-refractivity contribution in [3.8, 4) is 11.5 Å². The molecule has 1 amide bonds. The first-order valence-corrected chi connectivity index (χ1v) is 6.44. The topological polar surface area (TPSA) is 69.6 Å². The van der Waals surface area contributed by atoms with E-state index in [-0.39, 0.29) is 22.8 Å². The van der Waals surface area contributed by atoms with Gasteiger partial charge in [0.1, 0.15) is 0 Å². The quantitative estimate of drug-likeness (QED) is 0.582. The summed E-state index contributed by atoms with van der Waals surface area (Å²) in [7, 11) is 0. The van der Waals surface area contributed by atoms with Gasteiger partial charge in [0.2, 0.25) is 0 Å². The summed E-state index contributed by atoms with van der Waals surface area (Å²) in [5, 5.41) is 21.5. The van der Waals surface area contributed by atoms with E-state index in [4.69, 9.17) is 16.7 Å². The van der Waals surface area contributed by atoms with Gasteiger partial charge in [-0.1, -0.05) is 0 Å². The number of amides is 1. The van der Waals surface area contributed by atoms with Gasteiger partial charge in [-0.15, -0.1) is 11.6 Å². The van der Waals surface area contributed by atoms with E-state index >= 15 is 0 Å². The molecule has 4 nitrogen and oxygen atoms in total. The van der Waals surface area contributed by atoms with Gasteiger partial charge < -0.3 is 15.5 Å². The van der Waals surface area contributed by atoms with Gasteiger partial charge in [0.15, 0.2) is 11.5 Å². The molecular formula is C13H16ClNO3. The maximum atomic E-state index is 11.8. The summed E-state index contributed by atoms with van der Waals surface area (Å²) in [5.41, 5.74) is 0.339. The van der Waals surface area contributed by atoms with E-state index in [1.165, 1.54) is 18.2 Å². The van der Waals surface area contributed by atoms with Crippen molar-refractivity contribution in [3.05, 3.63) is 23.8 Å². The molecule has 0 aliphatic heterocycles.